The van der Waals surface area contributed by atoms with Gasteiger partial charge in [0.1, 0.15) is 37.9 Å². The summed E-state index contributed by atoms with van der Waals surface area (Å²) in [5.74, 6) is -2.58. The summed E-state index contributed by atoms with van der Waals surface area (Å²) in [4.78, 5) is 97.0. The van der Waals surface area contributed by atoms with E-state index in [-0.39, 0.29) is 62.3 Å². The molecule has 1 fully saturated rings. The summed E-state index contributed by atoms with van der Waals surface area (Å²) >= 11 is 0. The van der Waals surface area contributed by atoms with Gasteiger partial charge in [-0.2, -0.15) is 0 Å². The highest BCUT2D eigenvalue weighted by atomic mass is 16.7. The maximum absolute atomic E-state index is 14.0. The fourth-order valence-electron chi connectivity index (χ4n) is 12.3. The van der Waals surface area contributed by atoms with Crippen LogP contribution in [0.5, 0.6) is 0 Å². The molecule has 1 aliphatic rings. The Labute approximate surface area is 597 Å². The molecule has 0 bridgehead atoms. The van der Waals surface area contributed by atoms with E-state index in [2.05, 4.69) is 58.7 Å². The van der Waals surface area contributed by atoms with Crippen molar-refractivity contribution in [1.82, 2.24) is 10.2 Å². The van der Waals surface area contributed by atoms with Crippen LogP contribution in [0.4, 0.5) is 4.79 Å². The van der Waals surface area contributed by atoms with Crippen molar-refractivity contribution >= 4 is 41.9 Å². The SMILES string of the molecule is CCCCCCCCOC(CCC(=O)OCC(COC(=O)CCCCCCOC(=O)C(CCCC)CCCCCC)(COC(=O)CCCCCCOC(=O)C(CCCC)CCCCCC)COC(=O)CCC(CCCCCC)OC(=O)NCCN1CCCC1)OCCCCCCCC. The Balaban J connectivity index is 3.40. The van der Waals surface area contributed by atoms with E-state index in [0.29, 0.717) is 77.9 Å². The molecule has 0 spiro atoms. The van der Waals surface area contributed by atoms with Crippen molar-refractivity contribution < 1.29 is 76.2 Å². The van der Waals surface area contributed by atoms with Gasteiger partial charge in [-0.05, 0) is 109 Å². The Kier molecular flexibility index (Phi) is 62.2. The summed E-state index contributed by atoms with van der Waals surface area (Å²) in [7, 11) is 0. The minimum Gasteiger partial charge on any atom is -0.465 e. The quantitative estimate of drug-likeness (QED) is 0.0259. The van der Waals surface area contributed by atoms with Crippen molar-refractivity contribution in [3.05, 3.63) is 0 Å². The highest BCUT2D eigenvalue weighted by Crippen LogP contribution is 2.26. The topological polar surface area (TPSA) is 218 Å². The molecule has 18 nitrogen and oxygen atoms in total. The van der Waals surface area contributed by atoms with Crippen molar-refractivity contribution in [2.75, 3.05) is 79.0 Å². The highest BCUT2D eigenvalue weighted by molar-refractivity contribution is 5.73. The summed E-state index contributed by atoms with van der Waals surface area (Å²) in [5.41, 5.74) is -1.51. The van der Waals surface area contributed by atoms with E-state index in [0.717, 1.165) is 199 Å². The van der Waals surface area contributed by atoms with E-state index in [1.54, 1.807) is 0 Å². The molecule has 574 valence electrons. The van der Waals surface area contributed by atoms with E-state index in [1.807, 2.05) is 0 Å². The van der Waals surface area contributed by atoms with E-state index >= 15 is 0 Å². The molecule has 0 aromatic rings. The third kappa shape index (κ3) is 53.8. The number of rotatable bonds is 71. The molecule has 0 aromatic carbocycles. The molecule has 3 unspecified atom stereocenters. The van der Waals surface area contributed by atoms with Gasteiger partial charge in [-0.15, -0.1) is 0 Å². The van der Waals surface area contributed by atoms with Gasteiger partial charge in [0.25, 0.3) is 0 Å². The number of carbonyl (C=O) groups is 7. The molecule has 0 saturated carbocycles. The maximum atomic E-state index is 14.0. The fourth-order valence-corrected chi connectivity index (χ4v) is 12.3. The molecule has 1 heterocycles. The first-order valence-corrected chi connectivity index (χ1v) is 40.6. The Hall–Kier alpha value is -4.03. The number of alkyl carbamates (subject to hydrolysis) is 1. The van der Waals surface area contributed by atoms with Crippen LogP contribution < -0.4 is 5.32 Å². The lowest BCUT2D eigenvalue weighted by Gasteiger charge is -2.32. The van der Waals surface area contributed by atoms with Crippen molar-refractivity contribution in [3.63, 3.8) is 0 Å². The van der Waals surface area contributed by atoms with Crippen molar-refractivity contribution in [3.8, 4) is 0 Å². The molecular weight excluding hydrogens is 1240 g/mol. The van der Waals surface area contributed by atoms with Gasteiger partial charge in [0.15, 0.2) is 6.29 Å². The fraction of sp³-hybridized carbons (Fsp3) is 0.912. The number of likely N-dealkylation sites (tertiary alicyclic amines) is 1. The minimum absolute atomic E-state index is 0.0477. The van der Waals surface area contributed by atoms with Crippen LogP contribution in [0.3, 0.4) is 0 Å². The average Bonchev–Trinajstić information content (AvgIpc) is 1.03. The molecular formula is C80H148N2O16. The van der Waals surface area contributed by atoms with Crippen LogP contribution in [-0.2, 0) is 71.4 Å². The largest absolute Gasteiger partial charge is 0.465 e. The molecule has 1 N–H and O–H groups in total. The number of esters is 6. The third-order valence-electron chi connectivity index (χ3n) is 18.9. The third-order valence-corrected chi connectivity index (χ3v) is 18.9. The summed E-state index contributed by atoms with van der Waals surface area (Å²) in [6.45, 7) is 18.5. The minimum atomic E-state index is -1.51. The van der Waals surface area contributed by atoms with Gasteiger partial charge in [0.2, 0.25) is 0 Å². The van der Waals surface area contributed by atoms with Crippen molar-refractivity contribution in [2.24, 2.45) is 17.3 Å². The molecule has 0 aliphatic carbocycles. The first-order chi connectivity index (χ1) is 47.8. The summed E-state index contributed by atoms with van der Waals surface area (Å²) in [5, 5.41) is 2.89. The van der Waals surface area contributed by atoms with E-state index in [9.17, 15) is 33.6 Å². The number of amides is 1. The van der Waals surface area contributed by atoms with E-state index in [4.69, 9.17) is 42.6 Å². The predicted molar refractivity (Wildman–Crippen MR) is 392 cm³/mol. The zero-order valence-corrected chi connectivity index (χ0v) is 63.9. The number of nitrogens with zero attached hydrogens (tertiary/aromatic N) is 1. The van der Waals surface area contributed by atoms with Gasteiger partial charge in [-0.25, -0.2) is 4.79 Å². The Morgan fingerprint density at radius 1 is 0.347 bits per heavy atom. The first-order valence-electron chi connectivity index (χ1n) is 40.6. The first kappa shape index (κ1) is 92.0. The van der Waals surface area contributed by atoms with Gasteiger partial charge in [-0.1, -0.05) is 235 Å². The van der Waals surface area contributed by atoms with E-state index < -0.39 is 74.2 Å². The summed E-state index contributed by atoms with van der Waals surface area (Å²) in [6.07, 6.45) is 40.4. The number of carbonyl (C=O) groups excluding carboxylic acids is 7. The normalized spacial score (nSPS) is 14.0. The van der Waals surface area contributed by atoms with Crippen LogP contribution in [0.15, 0.2) is 0 Å². The zero-order valence-electron chi connectivity index (χ0n) is 63.9. The highest BCUT2D eigenvalue weighted by Gasteiger charge is 2.38. The smallest absolute Gasteiger partial charge is 0.407 e. The average molecular weight is 1390 g/mol. The molecule has 1 amide bonds. The van der Waals surface area contributed by atoms with Crippen LogP contribution in [0.25, 0.3) is 0 Å². The number of ether oxygens (including phenoxy) is 9. The number of hydrogen-bond acceptors (Lipinski definition) is 17. The number of nitrogens with one attached hydrogen (secondary N) is 1. The number of unbranched alkanes of at least 4 members (excludes halogenated alkanes) is 27. The zero-order chi connectivity index (χ0) is 71.6. The lowest BCUT2D eigenvalue weighted by molar-refractivity contribution is -0.174. The number of hydrogen-bond donors (Lipinski definition) is 1. The molecule has 0 radical (unpaired) electrons. The second-order valence-electron chi connectivity index (χ2n) is 28.3. The van der Waals surface area contributed by atoms with Gasteiger partial charge >= 0.3 is 41.9 Å². The monoisotopic (exact) mass is 1390 g/mol. The molecule has 0 aromatic heterocycles. The standard InChI is InChI=1S/C80H148N2O16/c1-8-15-22-27-31-42-61-90-76(91-62-43-32-28-23-16-9-2)56-55-75(86)97-68-80(65-94-72(83)51-38-29-33-44-63-92-77(87)69(46-20-13-6)48-35-24-17-10-3,66-95-73(84)52-39-30-34-45-64-93-78(88)70(47-21-14-7)49-36-25-18-11-4)67-96-74(85)54-53-71(50-37-26-19-12-5)98-79(89)81-57-60-82-58-40-41-59-82/h69-71,76H,8-68H2,1-7H3,(H,81,89). The Morgan fingerprint density at radius 3 is 1.10 bits per heavy atom. The lowest BCUT2D eigenvalue weighted by atomic mass is 9.92. The van der Waals surface area contributed by atoms with Crippen LogP contribution >= 0.6 is 0 Å². The predicted octanol–water partition coefficient (Wildman–Crippen LogP) is 19.5. The molecule has 1 saturated heterocycles. The summed E-state index contributed by atoms with van der Waals surface area (Å²) < 4.78 is 54.0. The molecule has 18 heteroatoms. The maximum Gasteiger partial charge on any atom is 0.407 e. The van der Waals surface area contributed by atoms with Gasteiger partial charge in [0, 0.05) is 52.0 Å². The van der Waals surface area contributed by atoms with Crippen molar-refractivity contribution in [2.45, 2.75) is 375 Å². The van der Waals surface area contributed by atoms with Crippen LogP contribution in [0, 0.1) is 17.3 Å². The lowest BCUT2D eigenvalue weighted by Crippen LogP contribution is -2.44. The molecule has 98 heavy (non-hydrogen) atoms. The van der Waals surface area contributed by atoms with Crippen LogP contribution in [0.2, 0.25) is 0 Å². The van der Waals surface area contributed by atoms with E-state index in [1.165, 1.54) is 51.4 Å². The van der Waals surface area contributed by atoms with Crippen LogP contribution in [0.1, 0.15) is 363 Å². The molecule has 1 rings (SSSR count). The summed E-state index contributed by atoms with van der Waals surface area (Å²) in [6, 6.07) is 0. The Bertz CT molecular complexity index is 1850. The van der Waals surface area contributed by atoms with Crippen LogP contribution in [-0.4, -0.2) is 138 Å². The Morgan fingerprint density at radius 2 is 0.684 bits per heavy atom. The second kappa shape index (κ2) is 66.2. The molecule has 1 aliphatic heterocycles. The molecule has 3 atom stereocenters. The van der Waals surface area contributed by atoms with Gasteiger partial charge in [-0.3, -0.25) is 28.8 Å². The van der Waals surface area contributed by atoms with Gasteiger partial charge < -0.3 is 52.8 Å². The second-order valence-corrected chi connectivity index (χ2v) is 28.3. The van der Waals surface area contributed by atoms with Crippen molar-refractivity contribution in [1.29, 1.82) is 0 Å². The van der Waals surface area contributed by atoms with Gasteiger partial charge in [0.05, 0.1) is 31.5 Å².